The van der Waals surface area contributed by atoms with E-state index in [1.807, 2.05) is 43.3 Å². The van der Waals surface area contributed by atoms with Crippen molar-refractivity contribution in [2.45, 2.75) is 24.4 Å². The van der Waals surface area contributed by atoms with Gasteiger partial charge in [-0.1, -0.05) is 49.0 Å². The Hall–Kier alpha value is -2.54. The van der Waals surface area contributed by atoms with E-state index in [9.17, 15) is 4.79 Å². The van der Waals surface area contributed by atoms with Crippen LogP contribution < -0.4 is 5.01 Å². The fourth-order valence-corrected chi connectivity index (χ4v) is 3.94. The molecule has 1 aliphatic rings. The van der Waals surface area contributed by atoms with Gasteiger partial charge in [-0.05, 0) is 24.1 Å². The third kappa shape index (κ3) is 2.84. The summed E-state index contributed by atoms with van der Waals surface area (Å²) in [6, 6.07) is 13.5. The molecule has 3 heterocycles. The van der Waals surface area contributed by atoms with Gasteiger partial charge >= 0.3 is 0 Å². The van der Waals surface area contributed by atoms with Crippen LogP contribution in [0.25, 0.3) is 11.6 Å². The fraction of sp³-hybridized carbons (Fsp3) is 0.278. The van der Waals surface area contributed by atoms with Crippen LogP contribution in [0.15, 0.2) is 58.3 Å². The molecular formula is C18H18N4O2S. The Bertz CT molecular complexity index is 861. The maximum absolute atomic E-state index is 13.3. The number of benzene rings is 1. The van der Waals surface area contributed by atoms with Crippen molar-refractivity contribution in [2.24, 2.45) is 0 Å². The molecule has 1 amide bonds. The Morgan fingerprint density at radius 2 is 2.08 bits per heavy atom. The van der Waals surface area contributed by atoms with Gasteiger partial charge in [-0.3, -0.25) is 4.79 Å². The van der Waals surface area contributed by atoms with Gasteiger partial charge in [-0.2, -0.15) is 0 Å². The number of rotatable bonds is 4. The van der Waals surface area contributed by atoms with E-state index in [2.05, 4.69) is 10.2 Å². The minimum absolute atomic E-state index is 0.0582. The van der Waals surface area contributed by atoms with Crippen LogP contribution in [-0.4, -0.2) is 33.1 Å². The van der Waals surface area contributed by atoms with E-state index in [4.69, 9.17) is 4.42 Å². The molecule has 7 heteroatoms. The van der Waals surface area contributed by atoms with E-state index >= 15 is 0 Å². The summed E-state index contributed by atoms with van der Waals surface area (Å²) in [5, 5.41) is 10.9. The summed E-state index contributed by atoms with van der Waals surface area (Å²) >= 11 is 1.60. The highest BCUT2D eigenvalue weighted by Crippen LogP contribution is 2.30. The molecule has 1 aromatic carbocycles. The van der Waals surface area contributed by atoms with E-state index in [1.54, 1.807) is 33.8 Å². The highest BCUT2D eigenvalue weighted by atomic mass is 32.2. The highest BCUT2D eigenvalue weighted by Gasteiger charge is 2.32. The number of hydrogen-bond donors (Lipinski definition) is 0. The third-order valence-corrected chi connectivity index (χ3v) is 5.19. The Kier molecular flexibility index (Phi) is 4.31. The predicted molar refractivity (Wildman–Crippen MR) is 96.0 cm³/mol. The Labute approximate surface area is 149 Å². The second-order valence-corrected chi connectivity index (χ2v) is 6.84. The second kappa shape index (κ2) is 6.76. The maximum Gasteiger partial charge on any atom is 0.249 e. The van der Waals surface area contributed by atoms with Crippen molar-refractivity contribution >= 4 is 17.7 Å². The van der Waals surface area contributed by atoms with Crippen LogP contribution in [0.4, 0.5) is 0 Å². The van der Waals surface area contributed by atoms with E-state index in [1.165, 1.54) is 0 Å². The smallest absolute Gasteiger partial charge is 0.249 e. The zero-order chi connectivity index (χ0) is 17.2. The Morgan fingerprint density at radius 3 is 2.80 bits per heavy atom. The number of fused-ring (bicyclic) bond motifs is 1. The first-order chi connectivity index (χ1) is 12.3. The van der Waals surface area contributed by atoms with Crippen molar-refractivity contribution in [2.75, 3.05) is 17.3 Å². The number of carbonyl (C=O) groups excluding carboxylic acids is 1. The Morgan fingerprint density at radius 1 is 1.24 bits per heavy atom. The van der Waals surface area contributed by atoms with Gasteiger partial charge in [0.1, 0.15) is 0 Å². The van der Waals surface area contributed by atoms with Crippen LogP contribution in [0.2, 0.25) is 0 Å². The van der Waals surface area contributed by atoms with Gasteiger partial charge in [0.25, 0.3) is 0 Å². The number of nitrogens with zero attached hydrogens (tertiary/aromatic N) is 4. The first-order valence-corrected chi connectivity index (χ1v) is 9.27. The third-order valence-electron chi connectivity index (χ3n) is 4.29. The second-order valence-electron chi connectivity index (χ2n) is 5.78. The number of hydrogen-bond acceptors (Lipinski definition) is 5. The van der Waals surface area contributed by atoms with Gasteiger partial charge in [-0.25, -0.2) is 9.69 Å². The standard InChI is InChI=1S/C18H18N4O2S/c1-2-14(13-7-4-3-5-8-13)17(23)21-10-12-25-18-20-19-16(22(18)21)15-9-6-11-24-15/h3-9,11,14H,2,10,12H2,1H3. The van der Waals surface area contributed by atoms with E-state index in [0.29, 0.717) is 23.3 Å². The van der Waals surface area contributed by atoms with Gasteiger partial charge < -0.3 is 4.42 Å². The lowest BCUT2D eigenvalue weighted by Gasteiger charge is -2.31. The molecule has 128 valence electrons. The monoisotopic (exact) mass is 354 g/mol. The van der Waals surface area contributed by atoms with E-state index in [0.717, 1.165) is 17.7 Å². The number of aromatic nitrogens is 3. The summed E-state index contributed by atoms with van der Waals surface area (Å²) in [7, 11) is 0. The zero-order valence-electron chi connectivity index (χ0n) is 13.8. The molecule has 1 atom stereocenters. The average molecular weight is 354 g/mol. The molecule has 0 N–H and O–H groups in total. The van der Waals surface area contributed by atoms with Gasteiger partial charge in [0.05, 0.1) is 18.7 Å². The predicted octanol–water partition coefficient (Wildman–Crippen LogP) is 3.30. The lowest BCUT2D eigenvalue weighted by atomic mass is 9.95. The van der Waals surface area contributed by atoms with Crippen molar-refractivity contribution in [1.82, 2.24) is 14.9 Å². The summed E-state index contributed by atoms with van der Waals surface area (Å²) < 4.78 is 7.27. The molecule has 6 nitrogen and oxygen atoms in total. The molecule has 1 aliphatic heterocycles. The van der Waals surface area contributed by atoms with Crippen LogP contribution in [0.5, 0.6) is 0 Å². The van der Waals surface area contributed by atoms with Crippen molar-refractivity contribution in [3.05, 3.63) is 54.3 Å². The van der Waals surface area contributed by atoms with Crippen LogP contribution in [0.3, 0.4) is 0 Å². The van der Waals surface area contributed by atoms with Crippen molar-refractivity contribution < 1.29 is 9.21 Å². The molecule has 0 saturated heterocycles. The average Bonchev–Trinajstić information content (AvgIpc) is 3.32. The summed E-state index contributed by atoms with van der Waals surface area (Å²) in [4.78, 5) is 13.3. The quantitative estimate of drug-likeness (QED) is 0.719. The van der Waals surface area contributed by atoms with E-state index in [-0.39, 0.29) is 11.8 Å². The largest absolute Gasteiger partial charge is 0.461 e. The molecule has 0 bridgehead atoms. The van der Waals surface area contributed by atoms with Gasteiger partial charge in [-0.15, -0.1) is 10.2 Å². The summed E-state index contributed by atoms with van der Waals surface area (Å²) in [5.41, 5.74) is 1.03. The van der Waals surface area contributed by atoms with Crippen molar-refractivity contribution in [3.63, 3.8) is 0 Å². The molecule has 0 spiro atoms. The number of thioether (sulfide) groups is 1. The van der Waals surface area contributed by atoms with Gasteiger partial charge in [0.2, 0.25) is 16.9 Å². The van der Waals surface area contributed by atoms with Crippen LogP contribution >= 0.6 is 11.8 Å². The topological polar surface area (TPSA) is 64.2 Å². The van der Waals surface area contributed by atoms with Crippen molar-refractivity contribution in [1.29, 1.82) is 0 Å². The molecular weight excluding hydrogens is 336 g/mol. The summed E-state index contributed by atoms with van der Waals surface area (Å²) in [5.74, 6) is 1.83. The lowest BCUT2D eigenvalue weighted by molar-refractivity contribution is -0.121. The number of furan rings is 1. The van der Waals surface area contributed by atoms with E-state index < -0.39 is 0 Å². The molecule has 0 aliphatic carbocycles. The molecule has 2 aromatic heterocycles. The SMILES string of the molecule is CCC(C(=O)N1CCSc2nnc(-c3ccco3)n21)c1ccccc1. The Balaban J connectivity index is 1.73. The first-order valence-electron chi connectivity index (χ1n) is 8.28. The van der Waals surface area contributed by atoms with Crippen LogP contribution in [0.1, 0.15) is 24.8 Å². The minimum Gasteiger partial charge on any atom is -0.461 e. The fourth-order valence-electron chi connectivity index (χ4n) is 3.08. The molecule has 0 saturated carbocycles. The molecule has 0 fully saturated rings. The first kappa shape index (κ1) is 16.0. The van der Waals surface area contributed by atoms with Crippen LogP contribution in [0, 0.1) is 0 Å². The maximum atomic E-state index is 13.3. The summed E-state index contributed by atoms with van der Waals surface area (Å²) in [6.07, 6.45) is 2.33. The summed E-state index contributed by atoms with van der Waals surface area (Å²) in [6.45, 7) is 2.65. The highest BCUT2D eigenvalue weighted by molar-refractivity contribution is 7.99. The van der Waals surface area contributed by atoms with Crippen LogP contribution in [-0.2, 0) is 4.79 Å². The lowest BCUT2D eigenvalue weighted by Crippen LogP contribution is -2.47. The molecule has 25 heavy (non-hydrogen) atoms. The normalized spacial score (nSPS) is 15.0. The van der Waals surface area contributed by atoms with Crippen molar-refractivity contribution in [3.8, 4) is 11.6 Å². The van der Waals surface area contributed by atoms with Gasteiger partial charge in [0.15, 0.2) is 5.76 Å². The number of carbonyl (C=O) groups is 1. The zero-order valence-corrected chi connectivity index (χ0v) is 14.6. The minimum atomic E-state index is -0.191. The van der Waals surface area contributed by atoms with Gasteiger partial charge in [0, 0.05) is 5.75 Å². The molecule has 0 radical (unpaired) electrons. The molecule has 1 unspecified atom stereocenters. The number of amides is 1. The molecule has 4 rings (SSSR count). The molecule has 3 aromatic rings.